The molecule has 3 aromatic rings. The third-order valence-electron chi connectivity index (χ3n) is 5.95. The van der Waals surface area contributed by atoms with Crippen LogP contribution in [0.4, 0.5) is 5.69 Å². The summed E-state index contributed by atoms with van der Waals surface area (Å²) >= 11 is 1.15. The molecular formula is C25H30N4O4S2. The summed E-state index contributed by atoms with van der Waals surface area (Å²) in [6.45, 7) is 3.17. The molecular weight excluding hydrogens is 484 g/mol. The van der Waals surface area contributed by atoms with Gasteiger partial charge in [-0.25, -0.2) is 8.42 Å². The first kappa shape index (κ1) is 25.4. The zero-order valence-electron chi connectivity index (χ0n) is 19.7. The average Bonchev–Trinajstić information content (AvgIpc) is 3.12. The van der Waals surface area contributed by atoms with Crippen LogP contribution in [0.3, 0.4) is 0 Å². The van der Waals surface area contributed by atoms with Crippen LogP contribution in [0.25, 0.3) is 0 Å². The van der Waals surface area contributed by atoms with Crippen molar-refractivity contribution in [3.63, 3.8) is 0 Å². The van der Waals surface area contributed by atoms with Gasteiger partial charge in [-0.2, -0.15) is 4.31 Å². The number of hydrogen-bond donors (Lipinski definition) is 1. The molecule has 8 nitrogen and oxygen atoms in total. The maximum Gasteiger partial charge on any atom is 0.277 e. The van der Waals surface area contributed by atoms with Crippen molar-refractivity contribution in [2.75, 3.05) is 24.2 Å². The van der Waals surface area contributed by atoms with Gasteiger partial charge < -0.3 is 9.73 Å². The van der Waals surface area contributed by atoms with Crippen LogP contribution < -0.4 is 5.32 Å². The molecule has 1 atom stereocenters. The van der Waals surface area contributed by atoms with Crippen molar-refractivity contribution in [2.45, 2.75) is 55.1 Å². The van der Waals surface area contributed by atoms with E-state index in [1.165, 1.54) is 11.6 Å². The van der Waals surface area contributed by atoms with Crippen LogP contribution in [0.15, 0.2) is 69.1 Å². The second kappa shape index (κ2) is 11.8. The second-order valence-corrected chi connectivity index (χ2v) is 11.5. The van der Waals surface area contributed by atoms with Crippen LogP contribution in [0, 0.1) is 0 Å². The molecule has 0 radical (unpaired) electrons. The number of nitrogens with zero attached hydrogens (tertiary/aromatic N) is 3. The minimum Gasteiger partial charge on any atom is -0.416 e. The zero-order valence-corrected chi connectivity index (χ0v) is 21.4. The first-order valence-corrected chi connectivity index (χ1v) is 14.2. The predicted molar refractivity (Wildman–Crippen MR) is 136 cm³/mol. The topological polar surface area (TPSA) is 105 Å². The normalized spacial score (nSPS) is 15.9. The monoisotopic (exact) mass is 514 g/mol. The van der Waals surface area contributed by atoms with Gasteiger partial charge in [0.1, 0.15) is 0 Å². The molecule has 0 saturated carbocycles. The van der Waals surface area contributed by atoms with E-state index in [2.05, 4.69) is 34.6 Å². The molecule has 2 heterocycles. The van der Waals surface area contributed by atoms with E-state index in [1.807, 2.05) is 18.2 Å². The van der Waals surface area contributed by atoms with E-state index in [1.54, 1.807) is 22.5 Å². The van der Waals surface area contributed by atoms with E-state index in [9.17, 15) is 13.2 Å². The van der Waals surface area contributed by atoms with Gasteiger partial charge in [0.2, 0.25) is 21.8 Å². The minimum atomic E-state index is -3.58. The first-order chi connectivity index (χ1) is 16.9. The summed E-state index contributed by atoms with van der Waals surface area (Å²) < 4.78 is 33.3. The number of aromatic nitrogens is 2. The standard InChI is InChI=1S/C25H30N4O4S2/c1-19(20-10-5-4-6-11-20)16-24-27-28-25(33-24)34-18-23(30)26-21-12-9-13-22(17-21)35(31,32)29-14-7-2-3-8-15-29/h4-6,9-13,17,19H,2-3,7-8,14-16,18H2,1H3,(H,26,30)/t19-/m0/s1. The Morgan fingerprint density at radius 1 is 1.06 bits per heavy atom. The van der Waals surface area contributed by atoms with Crippen molar-refractivity contribution in [1.82, 2.24) is 14.5 Å². The number of carbonyl (C=O) groups is 1. The van der Waals surface area contributed by atoms with Crippen molar-refractivity contribution < 1.29 is 17.6 Å². The Balaban J connectivity index is 1.31. The minimum absolute atomic E-state index is 0.0684. The maximum atomic E-state index is 13.0. The Kier molecular flexibility index (Phi) is 8.59. The van der Waals surface area contributed by atoms with Crippen LogP contribution in [-0.2, 0) is 21.2 Å². The van der Waals surface area contributed by atoms with E-state index in [0.29, 0.717) is 36.3 Å². The van der Waals surface area contributed by atoms with Crippen LogP contribution >= 0.6 is 11.8 Å². The molecule has 10 heteroatoms. The highest BCUT2D eigenvalue weighted by molar-refractivity contribution is 7.99. The fraction of sp³-hybridized carbons (Fsp3) is 0.400. The lowest BCUT2D eigenvalue weighted by molar-refractivity contribution is -0.113. The van der Waals surface area contributed by atoms with Crippen molar-refractivity contribution in [2.24, 2.45) is 0 Å². The lowest BCUT2D eigenvalue weighted by Crippen LogP contribution is -2.32. The molecule has 1 amide bonds. The van der Waals surface area contributed by atoms with Crippen molar-refractivity contribution in [3.05, 3.63) is 66.1 Å². The number of anilines is 1. The van der Waals surface area contributed by atoms with E-state index in [-0.39, 0.29) is 22.5 Å². The summed E-state index contributed by atoms with van der Waals surface area (Å²) in [4.78, 5) is 12.7. The molecule has 1 aliphatic rings. The van der Waals surface area contributed by atoms with Crippen molar-refractivity contribution >= 4 is 33.4 Å². The van der Waals surface area contributed by atoms with Gasteiger partial charge in [-0.15, -0.1) is 10.2 Å². The lowest BCUT2D eigenvalue weighted by atomic mass is 9.98. The number of carbonyl (C=O) groups excluding carboxylic acids is 1. The zero-order chi connectivity index (χ0) is 24.7. The Labute approximate surface area is 210 Å². The Morgan fingerprint density at radius 2 is 1.80 bits per heavy atom. The molecule has 1 saturated heterocycles. The fourth-order valence-electron chi connectivity index (χ4n) is 4.03. The summed E-state index contributed by atoms with van der Waals surface area (Å²) in [5.41, 5.74) is 1.63. The average molecular weight is 515 g/mol. The van der Waals surface area contributed by atoms with Gasteiger partial charge in [0, 0.05) is 25.2 Å². The molecule has 1 aliphatic heterocycles. The van der Waals surface area contributed by atoms with Gasteiger partial charge in [-0.1, -0.05) is 67.9 Å². The number of thioether (sulfide) groups is 1. The lowest BCUT2D eigenvalue weighted by Gasteiger charge is -2.20. The van der Waals surface area contributed by atoms with E-state index in [4.69, 9.17) is 4.42 Å². The molecule has 0 bridgehead atoms. The number of amides is 1. The maximum absolute atomic E-state index is 13.0. The predicted octanol–water partition coefficient (Wildman–Crippen LogP) is 4.71. The number of hydrogen-bond acceptors (Lipinski definition) is 7. The van der Waals surface area contributed by atoms with Gasteiger partial charge in [0.15, 0.2) is 0 Å². The molecule has 0 spiro atoms. The first-order valence-electron chi connectivity index (χ1n) is 11.8. The highest BCUT2D eigenvalue weighted by atomic mass is 32.2. The van der Waals surface area contributed by atoms with Crippen LogP contribution in [0.5, 0.6) is 0 Å². The quantitative estimate of drug-likeness (QED) is 0.412. The number of rotatable bonds is 9. The molecule has 186 valence electrons. The number of sulfonamides is 1. The molecule has 1 aromatic heterocycles. The Hall–Kier alpha value is -2.69. The van der Waals surface area contributed by atoms with Gasteiger partial charge in [0.05, 0.1) is 10.6 Å². The van der Waals surface area contributed by atoms with E-state index >= 15 is 0 Å². The van der Waals surface area contributed by atoms with Crippen LogP contribution in [-0.4, -0.2) is 47.7 Å². The Morgan fingerprint density at radius 3 is 2.54 bits per heavy atom. The highest BCUT2D eigenvalue weighted by Gasteiger charge is 2.25. The second-order valence-electron chi connectivity index (χ2n) is 8.66. The summed E-state index contributed by atoms with van der Waals surface area (Å²) in [5.74, 6) is 0.543. The van der Waals surface area contributed by atoms with Gasteiger partial charge in [-0.3, -0.25) is 4.79 Å². The van der Waals surface area contributed by atoms with Gasteiger partial charge in [-0.05, 0) is 42.5 Å². The molecule has 0 aliphatic carbocycles. The van der Waals surface area contributed by atoms with E-state index < -0.39 is 10.0 Å². The summed E-state index contributed by atoms with van der Waals surface area (Å²) in [6.07, 6.45) is 4.45. The highest BCUT2D eigenvalue weighted by Crippen LogP contribution is 2.24. The Bertz CT molecular complexity index is 1220. The van der Waals surface area contributed by atoms with Crippen LogP contribution in [0.2, 0.25) is 0 Å². The molecule has 35 heavy (non-hydrogen) atoms. The summed E-state index contributed by atoms with van der Waals surface area (Å²) in [6, 6.07) is 16.5. The van der Waals surface area contributed by atoms with E-state index in [0.717, 1.165) is 37.4 Å². The summed E-state index contributed by atoms with van der Waals surface area (Å²) in [7, 11) is -3.58. The SMILES string of the molecule is C[C@@H](Cc1nnc(SCC(=O)Nc2cccc(S(=O)(=O)N3CCCCCC3)c2)o1)c1ccccc1. The fourth-order valence-corrected chi connectivity index (χ4v) is 6.17. The molecule has 4 rings (SSSR count). The smallest absolute Gasteiger partial charge is 0.277 e. The third-order valence-corrected chi connectivity index (χ3v) is 8.66. The van der Waals surface area contributed by atoms with Crippen LogP contribution in [0.1, 0.15) is 50.0 Å². The molecule has 0 unspecified atom stereocenters. The largest absolute Gasteiger partial charge is 0.416 e. The molecule has 1 N–H and O–H groups in total. The number of nitrogens with one attached hydrogen (secondary N) is 1. The van der Waals surface area contributed by atoms with Gasteiger partial charge in [0.25, 0.3) is 5.22 Å². The summed E-state index contributed by atoms with van der Waals surface area (Å²) in [5, 5.41) is 11.2. The molecule has 1 fully saturated rings. The molecule has 2 aromatic carbocycles. The third kappa shape index (κ3) is 6.93. The number of benzene rings is 2. The van der Waals surface area contributed by atoms with Gasteiger partial charge >= 0.3 is 0 Å². The van der Waals surface area contributed by atoms with Crippen molar-refractivity contribution in [1.29, 1.82) is 0 Å². The van der Waals surface area contributed by atoms with Crippen molar-refractivity contribution in [3.8, 4) is 0 Å².